The van der Waals surface area contributed by atoms with Crippen LogP contribution < -0.4 is 0 Å². The quantitative estimate of drug-likeness (QED) is 0.0122. The lowest BCUT2D eigenvalue weighted by Crippen LogP contribution is -2.29. The average Bonchev–Trinajstić information content (AvgIpc) is 0.882. The first-order valence-electron chi connectivity index (χ1n) is 33.2. The minimum Gasteiger partial charge on any atom is -0.438 e. The summed E-state index contributed by atoms with van der Waals surface area (Å²) in [4.78, 5) is 108. The Morgan fingerprint density at radius 3 is 0.790 bits per heavy atom. The SMILES string of the molecule is CC(C)(C)C(=O)OCOP(=O)(/C=C/CN(O)C(=O)CCCc1ccccc1)OCOC(=O)C(C)(C)C.CC(C)(C)C(=O)OCOP(=O)(/C=C/CN(O)C(=O)CCc1ccccc1)OCOC(=O)C(C)(C)C.CC(C)(C)C(=O)OCOP(=O)(/C=C/CN(O)C(=O)Cc1ccccc1)OCOC(=O)C(C)(C)C. The van der Waals surface area contributed by atoms with Gasteiger partial charge in [-0.25, -0.2) is 15.2 Å². The van der Waals surface area contributed by atoms with E-state index in [1.54, 1.807) is 149 Å². The highest BCUT2D eigenvalue weighted by atomic mass is 31.2. The van der Waals surface area contributed by atoms with Crippen LogP contribution in [0.25, 0.3) is 0 Å². The molecule has 0 radical (unpaired) electrons. The van der Waals surface area contributed by atoms with Crippen molar-refractivity contribution in [2.75, 3.05) is 60.4 Å². The normalized spacial score (nSPS) is 12.4. The molecule has 3 aromatic carbocycles. The first kappa shape index (κ1) is 95.5. The van der Waals surface area contributed by atoms with Gasteiger partial charge in [-0.2, -0.15) is 0 Å². The topological polar surface area (TPSA) is 386 Å². The highest BCUT2D eigenvalue weighted by Crippen LogP contribution is 2.52. The standard InChI is InChI=1S/C25H38NO9P.C24H36NO9P.C23H34NO9P/c1-24(2,3)22(28)32-18-34-36(31,35-19-33-23(29)25(4,5)6)17-11-16-26(30)21(27)15-10-14-20-12-8-7-9-13-20;1-23(2,3)21(27)31-17-33-35(30,34-18-32-22(28)24(4,5)6)16-10-15-25(29)20(26)14-13-19-11-8-7-9-12-19;1-22(2,3)20(26)30-16-32-34(29,33-17-31-21(27)23(4,5)6)14-10-13-24(28)19(25)15-18-11-8-7-9-12-18/h7-9,11-13,17,30H,10,14-16,18-19H2,1-6H3;7-12,16,29H,13-15,17-18H2,1-6H3;7-12,14,28H,13,15-17H2,1-6H3/b17-11+;16-10+;14-10+. The van der Waals surface area contributed by atoms with Crippen molar-refractivity contribution >= 4 is 76.3 Å². The maximum Gasteiger partial charge on any atom is 0.359 e. The number of aryl methyl sites for hydroxylation is 2. The van der Waals surface area contributed by atoms with Crippen LogP contribution in [0.1, 0.15) is 161 Å². The van der Waals surface area contributed by atoms with E-state index in [0.717, 1.165) is 28.6 Å². The zero-order valence-electron chi connectivity index (χ0n) is 63.6. The molecule has 0 atom stereocenters. The summed E-state index contributed by atoms with van der Waals surface area (Å²) in [6, 6.07) is 27.8. The molecular formula is C72H108N3O27P3. The molecule has 0 heterocycles. The van der Waals surface area contributed by atoms with Crippen molar-refractivity contribution in [1.82, 2.24) is 15.2 Å². The van der Waals surface area contributed by atoms with Gasteiger partial charge in [-0.05, 0) is 161 Å². The monoisotopic (exact) mass is 1540 g/mol. The molecule has 0 saturated heterocycles. The Balaban J connectivity index is 0.000000788. The summed E-state index contributed by atoms with van der Waals surface area (Å²) < 4.78 is 99.7. The summed E-state index contributed by atoms with van der Waals surface area (Å²) in [7, 11) is -12.2. The molecular weight excluding hydrogens is 1430 g/mol. The third-order valence-corrected chi connectivity index (χ3v) is 17.7. The van der Waals surface area contributed by atoms with Crippen molar-refractivity contribution in [1.29, 1.82) is 0 Å². The third kappa shape index (κ3) is 42.4. The number of hydrogen-bond donors (Lipinski definition) is 3. The third-order valence-electron chi connectivity index (χ3n) is 13.1. The Morgan fingerprint density at radius 2 is 0.543 bits per heavy atom. The molecule has 0 aliphatic rings. The number of rotatable bonds is 36. The number of amides is 3. The summed E-state index contributed by atoms with van der Waals surface area (Å²) >= 11 is 0. The zero-order chi connectivity index (χ0) is 80.1. The zero-order valence-corrected chi connectivity index (χ0v) is 66.2. The van der Waals surface area contributed by atoms with Crippen LogP contribution in [0.5, 0.6) is 0 Å². The van der Waals surface area contributed by atoms with Gasteiger partial charge in [-0.1, -0.05) is 109 Å². The van der Waals surface area contributed by atoms with Gasteiger partial charge in [-0.3, -0.25) is 99.6 Å². The fraction of sp³-hybridized carbons (Fsp3) is 0.542. The van der Waals surface area contributed by atoms with Crippen molar-refractivity contribution in [2.45, 2.75) is 163 Å². The van der Waals surface area contributed by atoms with Gasteiger partial charge in [0.1, 0.15) is 0 Å². The van der Waals surface area contributed by atoms with Crippen LogP contribution in [0, 0.1) is 32.5 Å². The fourth-order valence-corrected chi connectivity index (χ4v) is 9.82. The van der Waals surface area contributed by atoms with Gasteiger partial charge in [0.25, 0.3) is 5.91 Å². The van der Waals surface area contributed by atoms with Gasteiger partial charge in [0.15, 0.2) is 0 Å². The van der Waals surface area contributed by atoms with Gasteiger partial charge in [-0.15, -0.1) is 0 Å². The number of carbonyl (C=O) groups excluding carboxylic acids is 9. The molecule has 0 fully saturated rings. The first-order chi connectivity index (χ1) is 48.4. The lowest BCUT2D eigenvalue weighted by atomic mass is 9.98. The highest BCUT2D eigenvalue weighted by molar-refractivity contribution is 7.57. The molecule has 588 valence electrons. The van der Waals surface area contributed by atoms with Crippen LogP contribution in [0.2, 0.25) is 0 Å². The summed E-state index contributed by atoms with van der Waals surface area (Å²) in [6.45, 7) is 24.6. The number of carbonyl (C=O) groups is 9. The number of hydroxylamine groups is 6. The second-order valence-electron chi connectivity index (χ2n) is 29.3. The molecule has 0 aromatic heterocycles. The summed E-state index contributed by atoms with van der Waals surface area (Å²) in [6.07, 6.45) is 5.47. The van der Waals surface area contributed by atoms with Crippen molar-refractivity contribution < 1.29 is 128 Å². The Bertz CT molecular complexity index is 3360. The second kappa shape index (κ2) is 45.2. The maximum absolute atomic E-state index is 13.1. The Morgan fingerprint density at radius 1 is 0.324 bits per heavy atom. The highest BCUT2D eigenvalue weighted by Gasteiger charge is 2.33. The molecule has 0 spiro atoms. The molecule has 0 aliphatic carbocycles. The van der Waals surface area contributed by atoms with E-state index in [9.17, 15) is 72.5 Å². The van der Waals surface area contributed by atoms with Crippen molar-refractivity contribution in [3.8, 4) is 0 Å². The Labute approximate surface area is 616 Å². The van der Waals surface area contributed by atoms with Crippen molar-refractivity contribution in [2.24, 2.45) is 32.5 Å². The number of nitrogens with zero attached hydrogens (tertiary/aromatic N) is 3. The molecule has 3 N–H and O–H groups in total. The lowest BCUT2D eigenvalue weighted by molar-refractivity contribution is -0.163. The summed E-state index contributed by atoms with van der Waals surface area (Å²) in [5.41, 5.74) is -2.06. The van der Waals surface area contributed by atoms with Crippen LogP contribution in [-0.4, -0.2) is 145 Å². The molecule has 0 aliphatic heterocycles. The van der Waals surface area contributed by atoms with Crippen molar-refractivity contribution in [3.05, 3.63) is 143 Å². The van der Waals surface area contributed by atoms with Crippen molar-refractivity contribution in [3.63, 3.8) is 0 Å². The fourth-order valence-electron chi connectivity index (χ4n) is 6.83. The minimum atomic E-state index is -4.07. The number of benzene rings is 3. The van der Waals surface area contributed by atoms with E-state index in [-0.39, 0.29) is 38.9 Å². The van der Waals surface area contributed by atoms with E-state index >= 15 is 0 Å². The number of ether oxygens (including phenoxy) is 6. The van der Waals surface area contributed by atoms with Crippen LogP contribution >= 0.6 is 22.8 Å². The number of esters is 6. The Kier molecular flexibility index (Phi) is 41.1. The smallest absolute Gasteiger partial charge is 0.359 e. The molecule has 0 bridgehead atoms. The second-order valence-corrected chi connectivity index (χ2v) is 34.9. The van der Waals surface area contributed by atoms with E-state index < -0.39 is 150 Å². The van der Waals surface area contributed by atoms with Gasteiger partial charge < -0.3 is 28.4 Å². The summed E-state index contributed by atoms with van der Waals surface area (Å²) in [5, 5.41) is 31.4. The van der Waals surface area contributed by atoms with E-state index in [2.05, 4.69) is 0 Å². The minimum absolute atomic E-state index is 0.0264. The largest absolute Gasteiger partial charge is 0.438 e. The predicted molar refractivity (Wildman–Crippen MR) is 384 cm³/mol. The van der Waals surface area contributed by atoms with Gasteiger partial charge >= 0.3 is 58.6 Å². The molecule has 3 rings (SSSR count). The van der Waals surface area contributed by atoms with E-state index in [0.29, 0.717) is 40.0 Å². The Hall–Kier alpha value is -7.56. The predicted octanol–water partition coefficient (Wildman–Crippen LogP) is 14.0. The molecule has 0 saturated carbocycles. The van der Waals surface area contributed by atoms with Crippen LogP contribution in [0.3, 0.4) is 0 Å². The lowest BCUT2D eigenvalue weighted by Gasteiger charge is -2.20. The van der Waals surface area contributed by atoms with Gasteiger partial charge in [0.05, 0.1) is 58.5 Å². The molecule has 33 heteroatoms. The van der Waals surface area contributed by atoms with Crippen LogP contribution in [-0.2, 0) is 132 Å². The van der Waals surface area contributed by atoms with Crippen LogP contribution in [0.15, 0.2) is 127 Å². The number of hydrogen-bond acceptors (Lipinski definition) is 27. The van der Waals surface area contributed by atoms with E-state index in [1.807, 2.05) is 66.7 Å². The van der Waals surface area contributed by atoms with E-state index in [1.165, 1.54) is 18.2 Å². The summed E-state index contributed by atoms with van der Waals surface area (Å²) in [5.74, 6) is -2.15. The first-order valence-corrected chi connectivity index (χ1v) is 38.1. The molecule has 0 unspecified atom stereocenters. The molecule has 3 amide bonds. The van der Waals surface area contributed by atoms with Gasteiger partial charge in [0.2, 0.25) is 52.6 Å². The van der Waals surface area contributed by atoms with E-state index in [4.69, 9.17) is 55.6 Å². The van der Waals surface area contributed by atoms with Crippen LogP contribution in [0.4, 0.5) is 0 Å². The molecule has 105 heavy (non-hydrogen) atoms. The molecule has 3 aromatic rings. The maximum atomic E-state index is 13.1. The average molecular weight is 1540 g/mol. The van der Waals surface area contributed by atoms with Gasteiger partial charge in [0, 0.05) is 30.3 Å². The molecule has 30 nitrogen and oxygen atoms in total.